The fourth-order valence-corrected chi connectivity index (χ4v) is 2.40. The lowest BCUT2D eigenvalue weighted by molar-refractivity contribution is 0.0600. The van der Waals surface area contributed by atoms with Crippen molar-refractivity contribution in [2.24, 2.45) is 0 Å². The van der Waals surface area contributed by atoms with Crippen molar-refractivity contribution in [2.45, 2.75) is 19.9 Å². The zero-order valence-corrected chi connectivity index (χ0v) is 15.6. The average molecular weight is 381 g/mol. The van der Waals surface area contributed by atoms with Crippen LogP contribution in [0.3, 0.4) is 0 Å². The molecule has 0 aliphatic carbocycles. The molecule has 0 fully saturated rings. The molecule has 0 aliphatic rings. The van der Waals surface area contributed by atoms with E-state index in [2.05, 4.69) is 35.5 Å². The van der Waals surface area contributed by atoms with Gasteiger partial charge in [-0.2, -0.15) is 0 Å². The van der Waals surface area contributed by atoms with E-state index in [9.17, 15) is 9.59 Å². The molecule has 10 heteroatoms. The van der Waals surface area contributed by atoms with Crippen molar-refractivity contribution in [2.75, 3.05) is 17.7 Å². The fraction of sp³-hybridized carbons (Fsp3) is 0.222. The molecule has 2 amide bonds. The van der Waals surface area contributed by atoms with Gasteiger partial charge in [0.05, 0.1) is 12.7 Å². The van der Waals surface area contributed by atoms with Gasteiger partial charge in [-0.05, 0) is 38.1 Å². The normalized spacial score (nSPS) is 10.6. The predicted octanol–water partition coefficient (Wildman–Crippen LogP) is 2.75. The van der Waals surface area contributed by atoms with Gasteiger partial charge in [-0.1, -0.05) is 6.07 Å². The number of esters is 1. The molecule has 0 saturated heterocycles. The van der Waals surface area contributed by atoms with E-state index in [0.717, 1.165) is 0 Å². The Morgan fingerprint density at radius 2 is 1.89 bits per heavy atom. The van der Waals surface area contributed by atoms with E-state index in [4.69, 9.17) is 0 Å². The van der Waals surface area contributed by atoms with Gasteiger partial charge in [0.1, 0.15) is 23.7 Å². The minimum atomic E-state index is -0.520. The molecule has 0 bridgehead atoms. The van der Waals surface area contributed by atoms with Gasteiger partial charge in [-0.3, -0.25) is 10.6 Å². The summed E-state index contributed by atoms with van der Waals surface area (Å²) in [6, 6.07) is 7.87. The molecule has 2 N–H and O–H groups in total. The van der Waals surface area contributed by atoms with Crippen LogP contribution in [-0.2, 0) is 4.74 Å². The third kappa shape index (κ3) is 4.29. The number of methoxy groups -OCH3 is 1. The Bertz CT molecular complexity index is 983. The van der Waals surface area contributed by atoms with Crippen molar-refractivity contribution < 1.29 is 14.3 Å². The molecule has 10 nitrogen and oxygen atoms in total. The molecule has 0 atom stereocenters. The number of ether oxygens (including phenoxy) is 1. The van der Waals surface area contributed by atoms with E-state index in [0.29, 0.717) is 17.3 Å². The maximum absolute atomic E-state index is 12.2. The molecular weight excluding hydrogens is 362 g/mol. The summed E-state index contributed by atoms with van der Waals surface area (Å²) in [6.07, 6.45) is 2.96. The van der Waals surface area contributed by atoms with E-state index in [1.807, 2.05) is 18.4 Å². The number of hydrogen-bond acceptors (Lipinski definition) is 7. The fourth-order valence-electron chi connectivity index (χ4n) is 2.40. The molecule has 0 spiro atoms. The molecule has 3 heterocycles. The van der Waals surface area contributed by atoms with Gasteiger partial charge in [0.2, 0.25) is 0 Å². The summed E-state index contributed by atoms with van der Waals surface area (Å²) < 4.78 is 6.49. The van der Waals surface area contributed by atoms with Crippen molar-refractivity contribution in [1.29, 1.82) is 0 Å². The topological polar surface area (TPSA) is 124 Å². The van der Waals surface area contributed by atoms with Crippen molar-refractivity contribution in [3.05, 3.63) is 48.4 Å². The molecule has 0 saturated carbocycles. The molecule has 0 aliphatic heterocycles. The van der Waals surface area contributed by atoms with E-state index in [-0.39, 0.29) is 17.4 Å². The second-order valence-electron chi connectivity index (χ2n) is 6.07. The summed E-state index contributed by atoms with van der Waals surface area (Å²) in [5, 5.41) is 13.2. The molecule has 3 aromatic heterocycles. The first-order valence-electron chi connectivity index (χ1n) is 8.47. The van der Waals surface area contributed by atoms with Gasteiger partial charge in [-0.25, -0.2) is 19.6 Å². The third-order valence-corrected chi connectivity index (χ3v) is 3.78. The summed E-state index contributed by atoms with van der Waals surface area (Å²) in [4.78, 5) is 32.0. The van der Waals surface area contributed by atoms with Crippen LogP contribution in [-0.4, -0.2) is 43.8 Å². The van der Waals surface area contributed by atoms with Crippen LogP contribution in [0.4, 0.5) is 16.4 Å². The summed E-state index contributed by atoms with van der Waals surface area (Å²) in [7, 11) is 1.28. The minimum Gasteiger partial charge on any atom is -0.465 e. The first-order chi connectivity index (χ1) is 13.5. The Morgan fingerprint density at radius 3 is 2.57 bits per heavy atom. The van der Waals surface area contributed by atoms with Crippen LogP contribution in [0.15, 0.2) is 42.9 Å². The van der Waals surface area contributed by atoms with Crippen LogP contribution >= 0.6 is 0 Å². The second kappa shape index (κ2) is 8.25. The predicted molar refractivity (Wildman–Crippen MR) is 102 cm³/mol. The lowest BCUT2D eigenvalue weighted by Crippen LogP contribution is -2.21. The van der Waals surface area contributed by atoms with Gasteiger partial charge < -0.3 is 9.30 Å². The number of urea groups is 1. The van der Waals surface area contributed by atoms with Crippen LogP contribution in [0.25, 0.3) is 11.5 Å². The minimum absolute atomic E-state index is 0.172. The van der Waals surface area contributed by atoms with Crippen LogP contribution in [0, 0.1) is 0 Å². The van der Waals surface area contributed by atoms with Crippen molar-refractivity contribution in [1.82, 2.24) is 24.7 Å². The number of amides is 2. The van der Waals surface area contributed by atoms with Gasteiger partial charge in [-0.15, -0.1) is 10.2 Å². The Kier molecular flexibility index (Phi) is 5.58. The van der Waals surface area contributed by atoms with Crippen LogP contribution in [0.2, 0.25) is 0 Å². The van der Waals surface area contributed by atoms with Crippen LogP contribution in [0.1, 0.15) is 30.2 Å². The van der Waals surface area contributed by atoms with Gasteiger partial charge in [0, 0.05) is 12.2 Å². The lowest BCUT2D eigenvalue weighted by Gasteiger charge is -2.11. The molecule has 3 aromatic rings. The molecule has 0 aromatic carbocycles. The number of anilines is 2. The number of aromatic nitrogens is 5. The molecule has 0 unspecified atom stereocenters. The summed E-state index contributed by atoms with van der Waals surface area (Å²) in [6.45, 7) is 4.03. The first kappa shape index (κ1) is 19.0. The summed E-state index contributed by atoms with van der Waals surface area (Å²) in [5.74, 6) is 0.734. The van der Waals surface area contributed by atoms with Crippen LogP contribution < -0.4 is 10.6 Å². The van der Waals surface area contributed by atoms with E-state index >= 15 is 0 Å². The van der Waals surface area contributed by atoms with E-state index in [1.165, 1.54) is 25.4 Å². The Hall–Kier alpha value is -3.82. The highest BCUT2D eigenvalue weighted by molar-refractivity contribution is 5.99. The smallest absolute Gasteiger partial charge is 0.339 e. The van der Waals surface area contributed by atoms with Crippen molar-refractivity contribution in [3.8, 4) is 11.5 Å². The number of rotatable bonds is 5. The monoisotopic (exact) mass is 381 g/mol. The molecule has 28 heavy (non-hydrogen) atoms. The maximum atomic E-state index is 12.2. The molecular formula is C18H19N7O3. The summed E-state index contributed by atoms with van der Waals surface area (Å²) in [5.41, 5.74) is 0.877. The summed E-state index contributed by atoms with van der Waals surface area (Å²) >= 11 is 0. The quantitative estimate of drug-likeness (QED) is 0.651. The Morgan fingerprint density at radius 1 is 1.11 bits per heavy atom. The highest BCUT2D eigenvalue weighted by atomic mass is 16.5. The number of pyridine rings is 2. The van der Waals surface area contributed by atoms with E-state index in [1.54, 1.807) is 24.5 Å². The van der Waals surface area contributed by atoms with Gasteiger partial charge in [0.25, 0.3) is 0 Å². The number of hydrogen-bond donors (Lipinski definition) is 2. The largest absolute Gasteiger partial charge is 0.465 e. The molecule has 0 radical (unpaired) electrons. The highest BCUT2D eigenvalue weighted by Crippen LogP contribution is 2.19. The maximum Gasteiger partial charge on any atom is 0.339 e. The second-order valence-corrected chi connectivity index (χ2v) is 6.07. The zero-order valence-electron chi connectivity index (χ0n) is 15.6. The Balaban J connectivity index is 1.69. The number of nitrogens with one attached hydrogen (secondary N) is 2. The zero-order chi connectivity index (χ0) is 20.1. The Labute approximate surface area is 161 Å². The number of carbonyl (C=O) groups is 2. The highest BCUT2D eigenvalue weighted by Gasteiger charge is 2.13. The molecule has 144 valence electrons. The first-order valence-corrected chi connectivity index (χ1v) is 8.47. The lowest BCUT2D eigenvalue weighted by atomic mass is 10.3. The van der Waals surface area contributed by atoms with Crippen molar-refractivity contribution >= 4 is 23.6 Å². The number of nitrogens with zero attached hydrogens (tertiary/aromatic N) is 5. The average Bonchev–Trinajstić information content (AvgIpc) is 3.18. The van der Waals surface area contributed by atoms with Gasteiger partial charge in [0.15, 0.2) is 5.82 Å². The van der Waals surface area contributed by atoms with E-state index < -0.39 is 12.0 Å². The van der Waals surface area contributed by atoms with Crippen molar-refractivity contribution in [3.63, 3.8) is 0 Å². The molecule has 3 rings (SSSR count). The van der Waals surface area contributed by atoms with Crippen LogP contribution in [0.5, 0.6) is 0 Å². The third-order valence-electron chi connectivity index (χ3n) is 3.78. The van der Waals surface area contributed by atoms with Gasteiger partial charge >= 0.3 is 12.0 Å². The standard InChI is InChI=1S/C18H19N7O3/c1-11(2)25-10-20-24-16(25)13-5-4-6-15(21-13)23-18(27)22-14-8-7-12(9-19-14)17(26)28-3/h4-11H,1-3H3,(H2,19,21,22,23,27). The SMILES string of the molecule is COC(=O)c1ccc(NC(=O)Nc2cccc(-c3nncn3C(C)C)n2)nc1. The number of carbonyl (C=O) groups excluding carboxylic acids is 2.